The van der Waals surface area contributed by atoms with Crippen molar-refractivity contribution in [2.24, 2.45) is 5.92 Å². The van der Waals surface area contributed by atoms with Crippen molar-refractivity contribution in [3.05, 3.63) is 46.7 Å². The third kappa shape index (κ3) is 4.52. The Balaban J connectivity index is 0.00000136. The van der Waals surface area contributed by atoms with Crippen LogP contribution in [0.5, 0.6) is 0 Å². The summed E-state index contributed by atoms with van der Waals surface area (Å²) < 4.78 is 7.39. The van der Waals surface area contributed by atoms with E-state index in [1.54, 1.807) is 18.6 Å². The van der Waals surface area contributed by atoms with Gasteiger partial charge in [-0.1, -0.05) is 21.8 Å². The maximum atomic E-state index is 12.7. The molecule has 0 amide bonds. The molecule has 168 valence electrons. The average Bonchev–Trinajstić information content (AvgIpc) is 3.33. The number of aromatic amines is 1. The number of aromatic nitrogens is 6. The van der Waals surface area contributed by atoms with Crippen molar-refractivity contribution in [3.63, 3.8) is 0 Å². The third-order valence-electron chi connectivity index (χ3n) is 6.04. The van der Waals surface area contributed by atoms with Crippen LogP contribution in [0.3, 0.4) is 0 Å². The Morgan fingerprint density at radius 2 is 1.90 bits per heavy atom. The van der Waals surface area contributed by atoms with E-state index in [1.807, 2.05) is 10.7 Å². The minimum absolute atomic E-state index is 0. The predicted octanol–water partition coefficient (Wildman–Crippen LogP) is 2.77. The van der Waals surface area contributed by atoms with Crippen molar-refractivity contribution in [1.82, 2.24) is 34.6 Å². The maximum absolute atomic E-state index is 12.7. The van der Waals surface area contributed by atoms with E-state index >= 15 is 0 Å². The molecule has 0 saturated carbocycles. The molecule has 2 saturated heterocycles. The van der Waals surface area contributed by atoms with Gasteiger partial charge in [0, 0.05) is 44.6 Å². The lowest BCUT2D eigenvalue weighted by Crippen LogP contribution is -2.23. The molecule has 9 nitrogen and oxygen atoms in total. The Hall–Kier alpha value is -2.65. The van der Waals surface area contributed by atoms with E-state index in [0.29, 0.717) is 23.5 Å². The Kier molecular flexibility index (Phi) is 7.17. The van der Waals surface area contributed by atoms with E-state index in [2.05, 4.69) is 31.9 Å². The van der Waals surface area contributed by atoms with Crippen LogP contribution in [0, 0.1) is 5.92 Å². The molecule has 0 radical (unpaired) electrons. The topological polar surface area (TPSA) is 102 Å². The van der Waals surface area contributed by atoms with Gasteiger partial charge in [0.15, 0.2) is 5.65 Å². The maximum Gasteiger partial charge on any atom is 0.262 e. The number of nitrogens with one attached hydrogen (secondary N) is 1. The third-order valence-corrected chi connectivity index (χ3v) is 6.04. The Labute approximate surface area is 182 Å². The van der Waals surface area contributed by atoms with Gasteiger partial charge in [-0.15, -0.1) is 0 Å². The molecule has 2 aliphatic heterocycles. The highest BCUT2D eigenvalue weighted by Gasteiger charge is 2.33. The largest absolute Gasteiger partial charge is 0.381 e. The van der Waals surface area contributed by atoms with Crippen LogP contribution in [0.2, 0.25) is 0 Å². The number of rotatable bonds is 4. The van der Waals surface area contributed by atoms with Gasteiger partial charge >= 0.3 is 0 Å². The molecular weight excluding hydrogens is 394 g/mol. The number of nitrogens with zero attached hydrogens (tertiary/aromatic N) is 6. The van der Waals surface area contributed by atoms with Crippen molar-refractivity contribution >= 4 is 11.0 Å². The SMILES string of the molecule is C.C.C[C@@H]1CN(Cc2ncccn2)C[C@H]1c1nc2c(cnn2C2CCOCC2)c(=O)[nH]1. The first-order valence-corrected chi connectivity index (χ1v) is 10.2. The van der Waals surface area contributed by atoms with E-state index in [9.17, 15) is 4.79 Å². The fourth-order valence-corrected chi connectivity index (χ4v) is 4.49. The number of hydrogen-bond donors (Lipinski definition) is 1. The van der Waals surface area contributed by atoms with Gasteiger partial charge in [-0.3, -0.25) is 9.69 Å². The van der Waals surface area contributed by atoms with Crippen LogP contribution in [-0.4, -0.2) is 60.9 Å². The lowest BCUT2D eigenvalue weighted by atomic mass is 9.97. The minimum atomic E-state index is -0.111. The number of ether oxygens (including phenoxy) is 1. The summed E-state index contributed by atoms with van der Waals surface area (Å²) >= 11 is 0. The number of fused-ring (bicyclic) bond motifs is 1. The molecular formula is C22H33N7O2. The van der Waals surface area contributed by atoms with Gasteiger partial charge in [0.1, 0.15) is 17.0 Å². The van der Waals surface area contributed by atoms with Crippen molar-refractivity contribution in [3.8, 4) is 0 Å². The van der Waals surface area contributed by atoms with Crippen LogP contribution in [0.25, 0.3) is 11.0 Å². The summed E-state index contributed by atoms with van der Waals surface area (Å²) in [5.41, 5.74) is 0.577. The first kappa shape index (κ1) is 23.0. The smallest absolute Gasteiger partial charge is 0.262 e. The monoisotopic (exact) mass is 427 g/mol. The van der Waals surface area contributed by atoms with Crippen molar-refractivity contribution in [2.45, 2.75) is 53.1 Å². The quantitative estimate of drug-likeness (QED) is 0.683. The molecule has 5 rings (SSSR count). The zero-order chi connectivity index (χ0) is 19.8. The summed E-state index contributed by atoms with van der Waals surface area (Å²) in [6, 6.07) is 2.06. The van der Waals surface area contributed by atoms with Gasteiger partial charge in [0.05, 0.1) is 18.8 Å². The highest BCUT2D eigenvalue weighted by molar-refractivity contribution is 5.73. The van der Waals surface area contributed by atoms with Gasteiger partial charge < -0.3 is 9.72 Å². The van der Waals surface area contributed by atoms with Crippen molar-refractivity contribution in [1.29, 1.82) is 0 Å². The van der Waals surface area contributed by atoms with Crippen LogP contribution in [0.15, 0.2) is 29.5 Å². The highest BCUT2D eigenvalue weighted by atomic mass is 16.5. The summed E-state index contributed by atoms with van der Waals surface area (Å²) in [4.78, 5) is 31.6. The Morgan fingerprint density at radius 3 is 2.65 bits per heavy atom. The zero-order valence-electron chi connectivity index (χ0n) is 16.5. The molecule has 3 aromatic heterocycles. The molecule has 0 aliphatic carbocycles. The molecule has 3 aromatic rings. The molecule has 1 N–H and O–H groups in total. The molecule has 0 unspecified atom stereocenters. The summed E-state index contributed by atoms with van der Waals surface area (Å²) in [7, 11) is 0. The summed E-state index contributed by atoms with van der Waals surface area (Å²) in [6.07, 6.45) is 6.96. The highest BCUT2D eigenvalue weighted by Crippen LogP contribution is 2.31. The van der Waals surface area contributed by atoms with E-state index in [-0.39, 0.29) is 32.4 Å². The molecule has 31 heavy (non-hydrogen) atoms. The van der Waals surface area contributed by atoms with Crippen molar-refractivity contribution in [2.75, 3.05) is 26.3 Å². The Bertz CT molecular complexity index is 1040. The second-order valence-corrected chi connectivity index (χ2v) is 8.06. The molecule has 2 aliphatic rings. The number of hydrogen-bond acceptors (Lipinski definition) is 7. The standard InChI is InChI=1S/C20H25N7O2.2CH4/c1-13-10-26(12-17-21-5-2-6-22-17)11-16(13)18-24-19-15(20(28)25-18)9-23-27(19)14-3-7-29-8-4-14;;/h2,5-6,9,13-14,16H,3-4,7-8,10-12H2,1H3,(H,24,25,28);2*1H4/t13-,16-;;/m1../s1. The predicted molar refractivity (Wildman–Crippen MR) is 120 cm³/mol. The average molecular weight is 428 g/mol. The van der Waals surface area contributed by atoms with Gasteiger partial charge in [-0.25, -0.2) is 19.6 Å². The molecule has 9 heteroatoms. The van der Waals surface area contributed by atoms with Crippen LogP contribution in [-0.2, 0) is 11.3 Å². The molecule has 0 aromatic carbocycles. The lowest BCUT2D eigenvalue weighted by molar-refractivity contribution is 0.0673. The first-order chi connectivity index (χ1) is 14.2. The van der Waals surface area contributed by atoms with Gasteiger partial charge in [-0.2, -0.15) is 5.10 Å². The fourth-order valence-electron chi connectivity index (χ4n) is 4.49. The Morgan fingerprint density at radius 1 is 1.16 bits per heavy atom. The number of H-pyrrole nitrogens is 1. The van der Waals surface area contributed by atoms with E-state index in [0.717, 1.165) is 50.8 Å². The van der Waals surface area contributed by atoms with Crippen molar-refractivity contribution < 1.29 is 4.74 Å². The van der Waals surface area contributed by atoms with Crippen LogP contribution >= 0.6 is 0 Å². The van der Waals surface area contributed by atoms with Gasteiger partial charge in [-0.05, 0) is 24.8 Å². The molecule has 0 spiro atoms. The molecule has 2 atom stereocenters. The fraction of sp³-hybridized carbons (Fsp3) is 0.591. The second kappa shape index (κ2) is 9.65. The van der Waals surface area contributed by atoms with Crippen LogP contribution < -0.4 is 5.56 Å². The summed E-state index contributed by atoms with van der Waals surface area (Å²) in [6.45, 7) is 6.09. The van der Waals surface area contributed by atoms with E-state index in [1.165, 1.54) is 0 Å². The minimum Gasteiger partial charge on any atom is -0.381 e. The zero-order valence-corrected chi connectivity index (χ0v) is 16.5. The molecule has 5 heterocycles. The molecule has 2 fully saturated rings. The van der Waals surface area contributed by atoms with Gasteiger partial charge in [0.25, 0.3) is 5.56 Å². The lowest BCUT2D eigenvalue weighted by Gasteiger charge is -2.23. The first-order valence-electron chi connectivity index (χ1n) is 10.2. The van der Waals surface area contributed by atoms with E-state index in [4.69, 9.17) is 9.72 Å². The second-order valence-electron chi connectivity index (χ2n) is 8.06. The normalized spacial score (nSPS) is 22.2. The van der Waals surface area contributed by atoms with E-state index < -0.39 is 0 Å². The summed E-state index contributed by atoms with van der Waals surface area (Å²) in [5.74, 6) is 2.10. The van der Waals surface area contributed by atoms with Crippen LogP contribution in [0.4, 0.5) is 0 Å². The van der Waals surface area contributed by atoms with Gasteiger partial charge in [0.2, 0.25) is 0 Å². The molecule has 0 bridgehead atoms. The summed E-state index contributed by atoms with van der Waals surface area (Å²) in [5, 5.41) is 5.04. The van der Waals surface area contributed by atoms with Crippen LogP contribution in [0.1, 0.15) is 58.2 Å². The number of likely N-dealkylation sites (tertiary alicyclic amines) is 1.